The monoisotopic (exact) mass is 471 g/mol. The van der Waals surface area contributed by atoms with Crippen LogP contribution in [0.15, 0.2) is 134 Å². The minimum absolute atomic E-state index is 1.14. The highest BCUT2D eigenvalue weighted by Gasteiger charge is 2.17. The molecule has 7 rings (SSSR count). The molecule has 174 valence electrons. The van der Waals surface area contributed by atoms with Gasteiger partial charge in [-0.25, -0.2) is 0 Å². The van der Waals surface area contributed by atoms with E-state index < -0.39 is 0 Å². The van der Waals surface area contributed by atoms with Crippen molar-refractivity contribution in [2.45, 2.75) is 6.92 Å². The van der Waals surface area contributed by atoms with Crippen LogP contribution in [0.5, 0.6) is 0 Å². The molecule has 0 aliphatic rings. The molecule has 0 unspecified atom stereocenters. The van der Waals surface area contributed by atoms with Gasteiger partial charge in [0.15, 0.2) is 0 Å². The molecule has 0 saturated carbocycles. The normalized spacial score (nSPS) is 11.4. The number of aromatic nitrogens is 1. The van der Waals surface area contributed by atoms with Gasteiger partial charge in [-0.3, -0.25) is 4.98 Å². The van der Waals surface area contributed by atoms with E-state index in [1.165, 1.54) is 65.7 Å². The standard InChI is InChI=1S/C36H25N/c1-24-19-30(23-37-22-24)27-11-8-12-28(21-27)35-31-13-4-6-15-33(31)36(34-16-7-5-14-32(34)35)29-18-17-25-9-2-3-10-26(25)20-29/h2-23H,1H3. The van der Waals surface area contributed by atoms with Crippen LogP contribution in [-0.4, -0.2) is 4.98 Å². The van der Waals surface area contributed by atoms with E-state index in [-0.39, 0.29) is 0 Å². The largest absolute Gasteiger partial charge is 0.264 e. The third-order valence-corrected chi connectivity index (χ3v) is 7.33. The maximum absolute atomic E-state index is 4.43. The van der Waals surface area contributed by atoms with E-state index in [1.807, 2.05) is 12.4 Å². The topological polar surface area (TPSA) is 12.9 Å². The Morgan fingerprint density at radius 2 is 0.973 bits per heavy atom. The van der Waals surface area contributed by atoms with Gasteiger partial charge in [-0.2, -0.15) is 0 Å². The number of aryl methyl sites for hydroxylation is 1. The molecule has 6 aromatic carbocycles. The van der Waals surface area contributed by atoms with Gasteiger partial charge in [0, 0.05) is 18.0 Å². The van der Waals surface area contributed by atoms with Gasteiger partial charge < -0.3 is 0 Å². The van der Waals surface area contributed by atoms with Crippen LogP contribution in [0.2, 0.25) is 0 Å². The summed E-state index contributed by atoms with van der Waals surface area (Å²) in [7, 11) is 0. The molecule has 0 N–H and O–H groups in total. The summed E-state index contributed by atoms with van der Waals surface area (Å²) in [6, 6.07) is 44.2. The minimum Gasteiger partial charge on any atom is -0.264 e. The number of fused-ring (bicyclic) bond motifs is 3. The summed E-state index contributed by atoms with van der Waals surface area (Å²) < 4.78 is 0. The molecule has 0 atom stereocenters. The van der Waals surface area contributed by atoms with Gasteiger partial charge in [-0.05, 0) is 90.8 Å². The second kappa shape index (κ2) is 8.72. The fraction of sp³-hybridized carbons (Fsp3) is 0.0278. The van der Waals surface area contributed by atoms with Crippen molar-refractivity contribution in [3.63, 3.8) is 0 Å². The Hall–Kier alpha value is -4.75. The molecule has 0 radical (unpaired) electrons. The lowest BCUT2D eigenvalue weighted by molar-refractivity contribution is 1.27. The van der Waals surface area contributed by atoms with Gasteiger partial charge >= 0.3 is 0 Å². The number of nitrogens with zero attached hydrogens (tertiary/aromatic N) is 1. The van der Waals surface area contributed by atoms with Gasteiger partial charge in [0.25, 0.3) is 0 Å². The van der Waals surface area contributed by atoms with E-state index in [0.29, 0.717) is 0 Å². The lowest BCUT2D eigenvalue weighted by Gasteiger charge is -2.18. The van der Waals surface area contributed by atoms with Crippen LogP contribution >= 0.6 is 0 Å². The van der Waals surface area contributed by atoms with E-state index in [9.17, 15) is 0 Å². The predicted octanol–water partition coefficient (Wildman–Crippen LogP) is 9.85. The Morgan fingerprint density at radius 1 is 0.405 bits per heavy atom. The first kappa shape index (κ1) is 21.5. The van der Waals surface area contributed by atoms with E-state index in [0.717, 1.165) is 5.56 Å². The molecule has 1 heteroatoms. The van der Waals surface area contributed by atoms with Crippen LogP contribution in [0, 0.1) is 6.92 Å². The second-order valence-electron chi connectivity index (χ2n) is 9.73. The van der Waals surface area contributed by atoms with Gasteiger partial charge in [0.05, 0.1) is 0 Å². The second-order valence-corrected chi connectivity index (χ2v) is 9.73. The summed E-state index contributed by atoms with van der Waals surface area (Å²) in [6.07, 6.45) is 3.85. The van der Waals surface area contributed by atoms with E-state index in [4.69, 9.17) is 0 Å². The maximum Gasteiger partial charge on any atom is 0.0346 e. The van der Waals surface area contributed by atoms with E-state index >= 15 is 0 Å². The molecule has 0 saturated heterocycles. The van der Waals surface area contributed by atoms with Gasteiger partial charge in [0.2, 0.25) is 0 Å². The smallest absolute Gasteiger partial charge is 0.0346 e. The minimum atomic E-state index is 1.14. The van der Waals surface area contributed by atoms with Crippen molar-refractivity contribution < 1.29 is 0 Å². The molecular weight excluding hydrogens is 446 g/mol. The van der Waals surface area contributed by atoms with Crippen molar-refractivity contribution in [1.29, 1.82) is 0 Å². The lowest BCUT2D eigenvalue weighted by atomic mass is 9.85. The zero-order valence-electron chi connectivity index (χ0n) is 20.6. The van der Waals surface area contributed by atoms with Crippen molar-refractivity contribution in [2.24, 2.45) is 0 Å². The fourth-order valence-electron chi connectivity index (χ4n) is 5.66. The van der Waals surface area contributed by atoms with Crippen LogP contribution in [0.3, 0.4) is 0 Å². The average molecular weight is 472 g/mol. The highest BCUT2D eigenvalue weighted by molar-refractivity contribution is 6.21. The first-order valence-electron chi connectivity index (χ1n) is 12.7. The summed E-state index contributed by atoms with van der Waals surface area (Å²) in [4.78, 5) is 4.43. The molecule has 1 aromatic heterocycles. The first-order chi connectivity index (χ1) is 18.3. The summed E-state index contributed by atoms with van der Waals surface area (Å²) in [5.41, 5.74) is 8.52. The van der Waals surface area contributed by atoms with Crippen LogP contribution < -0.4 is 0 Å². The van der Waals surface area contributed by atoms with Crippen molar-refractivity contribution in [3.8, 4) is 33.4 Å². The molecule has 37 heavy (non-hydrogen) atoms. The van der Waals surface area contributed by atoms with Crippen molar-refractivity contribution in [2.75, 3.05) is 0 Å². The summed E-state index contributed by atoms with van der Waals surface area (Å²) >= 11 is 0. The zero-order valence-corrected chi connectivity index (χ0v) is 20.6. The molecule has 0 aliphatic heterocycles. The highest BCUT2D eigenvalue weighted by atomic mass is 14.6. The molecule has 0 aliphatic carbocycles. The van der Waals surface area contributed by atoms with Crippen molar-refractivity contribution in [3.05, 3.63) is 139 Å². The SMILES string of the molecule is Cc1cncc(-c2cccc(-c3c4ccccc4c(-c4ccc5ccccc5c4)c4ccccc34)c2)c1. The number of rotatable bonds is 3. The fourth-order valence-corrected chi connectivity index (χ4v) is 5.66. The first-order valence-corrected chi connectivity index (χ1v) is 12.7. The molecule has 1 heterocycles. The Balaban J connectivity index is 1.54. The third-order valence-electron chi connectivity index (χ3n) is 7.33. The zero-order chi connectivity index (χ0) is 24.8. The quantitative estimate of drug-likeness (QED) is 0.234. The van der Waals surface area contributed by atoms with E-state index in [1.54, 1.807) is 0 Å². The Labute approximate surface area is 216 Å². The average Bonchev–Trinajstić information content (AvgIpc) is 2.95. The molecule has 1 nitrogen and oxygen atoms in total. The number of hydrogen-bond donors (Lipinski definition) is 0. The van der Waals surface area contributed by atoms with Gasteiger partial charge in [-0.1, -0.05) is 103 Å². The Bertz CT molecular complexity index is 1890. The van der Waals surface area contributed by atoms with Gasteiger partial charge in [0.1, 0.15) is 0 Å². The molecule has 0 fully saturated rings. The van der Waals surface area contributed by atoms with Crippen molar-refractivity contribution in [1.82, 2.24) is 4.98 Å². The third kappa shape index (κ3) is 3.68. The van der Waals surface area contributed by atoms with Crippen LogP contribution in [0.1, 0.15) is 5.56 Å². The maximum atomic E-state index is 4.43. The molecule has 0 bridgehead atoms. The number of benzene rings is 6. The molecule has 7 aromatic rings. The Kier molecular flexibility index (Phi) is 5.08. The molecule has 0 amide bonds. The summed E-state index contributed by atoms with van der Waals surface area (Å²) in [5.74, 6) is 0. The molecular formula is C36H25N. The highest BCUT2D eigenvalue weighted by Crippen LogP contribution is 2.44. The predicted molar refractivity (Wildman–Crippen MR) is 158 cm³/mol. The molecule has 0 spiro atoms. The van der Waals surface area contributed by atoms with Crippen LogP contribution in [0.25, 0.3) is 65.7 Å². The number of pyridine rings is 1. The van der Waals surface area contributed by atoms with E-state index in [2.05, 4.69) is 133 Å². The van der Waals surface area contributed by atoms with Crippen molar-refractivity contribution >= 4 is 32.3 Å². The van der Waals surface area contributed by atoms with Crippen LogP contribution in [-0.2, 0) is 0 Å². The lowest BCUT2D eigenvalue weighted by Crippen LogP contribution is -1.91. The number of hydrogen-bond acceptors (Lipinski definition) is 1. The van der Waals surface area contributed by atoms with Crippen LogP contribution in [0.4, 0.5) is 0 Å². The van der Waals surface area contributed by atoms with Gasteiger partial charge in [-0.15, -0.1) is 0 Å². The summed E-state index contributed by atoms with van der Waals surface area (Å²) in [6.45, 7) is 2.09. The Morgan fingerprint density at radius 3 is 1.62 bits per heavy atom. The summed E-state index contributed by atoms with van der Waals surface area (Å²) in [5, 5.41) is 7.60.